The van der Waals surface area contributed by atoms with Gasteiger partial charge in [-0.25, -0.2) is 10.4 Å². The van der Waals surface area contributed by atoms with Crippen LogP contribution >= 0.6 is 0 Å². The fourth-order valence-electron chi connectivity index (χ4n) is 4.15. The minimum atomic E-state index is -0.212. The molecule has 2 unspecified atom stereocenters. The molecule has 1 aliphatic heterocycles. The molecule has 34 heavy (non-hydrogen) atoms. The number of hydrogen-bond acceptors (Lipinski definition) is 6. The highest BCUT2D eigenvalue weighted by molar-refractivity contribution is 5.77. The van der Waals surface area contributed by atoms with Gasteiger partial charge in [0, 0.05) is 18.7 Å². The zero-order chi connectivity index (χ0) is 23.5. The molecule has 0 amide bonds. The molecule has 0 radical (unpaired) electrons. The lowest BCUT2D eigenvalue weighted by Crippen LogP contribution is -2.26. The molecule has 5 rings (SSSR count). The van der Waals surface area contributed by atoms with Crippen molar-refractivity contribution in [3.05, 3.63) is 106 Å². The van der Waals surface area contributed by atoms with E-state index in [2.05, 4.69) is 47.1 Å². The first-order valence-electron chi connectivity index (χ1n) is 11.4. The van der Waals surface area contributed by atoms with Crippen molar-refractivity contribution in [2.24, 2.45) is 11.0 Å². The van der Waals surface area contributed by atoms with Gasteiger partial charge in [-0.3, -0.25) is 10.2 Å². The lowest BCUT2D eigenvalue weighted by molar-refractivity contribution is 0.287. The van der Waals surface area contributed by atoms with E-state index >= 15 is 0 Å². The summed E-state index contributed by atoms with van der Waals surface area (Å²) in [4.78, 5) is 18.0. The van der Waals surface area contributed by atoms with Crippen LogP contribution < -0.4 is 21.1 Å². The smallest absolute Gasteiger partial charge is 0.282 e. The third-order valence-electron chi connectivity index (χ3n) is 6.10. The average Bonchev–Trinajstić information content (AvgIpc) is 3.32. The monoisotopic (exact) mass is 453 g/mol. The Labute approximate surface area is 198 Å². The van der Waals surface area contributed by atoms with Crippen molar-refractivity contribution in [2.75, 3.05) is 6.54 Å². The molecular formula is C27H27N5O2. The first-order valence-corrected chi connectivity index (χ1v) is 11.4. The van der Waals surface area contributed by atoms with Crippen molar-refractivity contribution in [1.29, 1.82) is 0 Å². The van der Waals surface area contributed by atoms with Gasteiger partial charge >= 0.3 is 0 Å². The van der Waals surface area contributed by atoms with Gasteiger partial charge in [0.25, 0.3) is 5.56 Å². The zero-order valence-corrected chi connectivity index (χ0v) is 19.2. The molecule has 1 saturated heterocycles. The van der Waals surface area contributed by atoms with Crippen molar-refractivity contribution < 1.29 is 4.74 Å². The molecule has 4 aromatic rings. The predicted octanol–water partition coefficient (Wildman–Crippen LogP) is 3.89. The van der Waals surface area contributed by atoms with E-state index < -0.39 is 0 Å². The van der Waals surface area contributed by atoms with Crippen molar-refractivity contribution in [1.82, 2.24) is 20.5 Å². The number of para-hydroxylation sites is 2. The summed E-state index contributed by atoms with van der Waals surface area (Å²) < 4.78 is 7.39. The lowest BCUT2D eigenvalue weighted by Gasteiger charge is -2.16. The van der Waals surface area contributed by atoms with E-state index in [-0.39, 0.29) is 24.1 Å². The topological polar surface area (TPSA) is 80.5 Å². The molecular weight excluding hydrogens is 426 g/mol. The molecule has 2 N–H and O–H groups in total. The summed E-state index contributed by atoms with van der Waals surface area (Å²) in [7, 11) is 0. The van der Waals surface area contributed by atoms with Crippen LogP contribution in [0.4, 0.5) is 0 Å². The van der Waals surface area contributed by atoms with Crippen molar-refractivity contribution in [3.8, 4) is 5.75 Å². The molecule has 1 aromatic heterocycles. The Balaban J connectivity index is 1.48. The van der Waals surface area contributed by atoms with E-state index in [0.29, 0.717) is 23.3 Å². The Morgan fingerprint density at radius 3 is 2.65 bits per heavy atom. The number of hydrogen-bond donors (Lipinski definition) is 2. The number of aromatic nitrogens is 2. The number of nitrogens with zero attached hydrogens (tertiary/aromatic N) is 3. The third-order valence-corrected chi connectivity index (χ3v) is 6.10. The molecule has 2 atom stereocenters. The highest BCUT2D eigenvalue weighted by atomic mass is 16.5. The molecule has 0 aliphatic carbocycles. The Kier molecular flexibility index (Phi) is 6.20. The van der Waals surface area contributed by atoms with E-state index in [1.807, 2.05) is 55.6 Å². The SMILES string of the molecule is Cc1ccc(C2NNCC2/C=N/n2c(COc3ccccc3C)nc3ccccc3c2=O)cc1. The van der Waals surface area contributed by atoms with Gasteiger partial charge < -0.3 is 4.74 Å². The normalized spacial score (nSPS) is 18.1. The summed E-state index contributed by atoms with van der Waals surface area (Å²) in [6.07, 6.45) is 1.83. The van der Waals surface area contributed by atoms with Crippen molar-refractivity contribution in [2.45, 2.75) is 26.5 Å². The van der Waals surface area contributed by atoms with Gasteiger partial charge in [-0.2, -0.15) is 9.78 Å². The Bertz CT molecular complexity index is 1390. The second kappa shape index (κ2) is 9.59. The van der Waals surface area contributed by atoms with Crippen LogP contribution in [-0.2, 0) is 6.61 Å². The van der Waals surface area contributed by atoms with Crippen LogP contribution in [0, 0.1) is 19.8 Å². The number of aryl methyl sites for hydroxylation is 2. The van der Waals surface area contributed by atoms with Gasteiger partial charge in [0.1, 0.15) is 12.4 Å². The van der Waals surface area contributed by atoms with Crippen LogP contribution in [-0.4, -0.2) is 22.4 Å². The van der Waals surface area contributed by atoms with Gasteiger partial charge in [0.05, 0.1) is 16.9 Å². The third kappa shape index (κ3) is 4.48. The summed E-state index contributed by atoms with van der Waals surface area (Å²) in [5.74, 6) is 1.27. The van der Waals surface area contributed by atoms with Gasteiger partial charge in [-0.05, 0) is 43.2 Å². The Morgan fingerprint density at radius 1 is 1.06 bits per heavy atom. The number of fused-ring (bicyclic) bond motifs is 1. The average molecular weight is 454 g/mol. The van der Waals surface area contributed by atoms with Crippen LogP contribution in [0.5, 0.6) is 5.75 Å². The minimum absolute atomic E-state index is 0.0557. The molecule has 1 fully saturated rings. The van der Waals surface area contributed by atoms with Gasteiger partial charge in [-0.1, -0.05) is 60.2 Å². The molecule has 3 aromatic carbocycles. The molecule has 7 nitrogen and oxygen atoms in total. The number of ether oxygens (including phenoxy) is 1. The number of hydrazine groups is 1. The quantitative estimate of drug-likeness (QED) is 0.433. The first kappa shape index (κ1) is 22.0. The van der Waals surface area contributed by atoms with Gasteiger partial charge in [-0.15, -0.1) is 0 Å². The minimum Gasteiger partial charge on any atom is -0.485 e. The summed E-state index contributed by atoms with van der Waals surface area (Å²) in [6.45, 7) is 4.89. The fourth-order valence-corrected chi connectivity index (χ4v) is 4.15. The van der Waals surface area contributed by atoms with Gasteiger partial charge in [0.15, 0.2) is 5.82 Å². The van der Waals surface area contributed by atoms with Crippen LogP contribution in [0.25, 0.3) is 10.9 Å². The maximum absolute atomic E-state index is 13.3. The van der Waals surface area contributed by atoms with E-state index in [4.69, 9.17) is 9.72 Å². The highest BCUT2D eigenvalue weighted by Crippen LogP contribution is 2.24. The summed E-state index contributed by atoms with van der Waals surface area (Å²) in [6, 6.07) is 23.6. The molecule has 1 aliphatic rings. The maximum atomic E-state index is 13.3. The van der Waals surface area contributed by atoms with Gasteiger partial charge in [0.2, 0.25) is 0 Å². The highest BCUT2D eigenvalue weighted by Gasteiger charge is 2.27. The molecule has 172 valence electrons. The van der Waals surface area contributed by atoms with Crippen LogP contribution in [0.15, 0.2) is 82.7 Å². The second-order valence-electron chi connectivity index (χ2n) is 8.56. The molecule has 0 bridgehead atoms. The van der Waals surface area contributed by atoms with Crippen LogP contribution in [0.3, 0.4) is 0 Å². The summed E-state index contributed by atoms with van der Waals surface area (Å²) in [5, 5.41) is 5.15. The first-order chi connectivity index (χ1) is 16.6. The molecule has 7 heteroatoms. The Morgan fingerprint density at radius 2 is 1.82 bits per heavy atom. The van der Waals surface area contributed by atoms with E-state index in [9.17, 15) is 4.79 Å². The molecule has 0 saturated carbocycles. The standard InChI is InChI=1S/C27H27N5O2/c1-18-11-13-20(14-12-18)26-21(15-28-31-26)16-29-32-25(17-34-24-10-6-3-7-19(24)2)30-23-9-5-4-8-22(23)27(32)33/h3-14,16,21,26,28,31H,15,17H2,1-2H3/b29-16+. The van der Waals surface area contributed by atoms with E-state index in [1.54, 1.807) is 6.07 Å². The van der Waals surface area contributed by atoms with Crippen molar-refractivity contribution >= 4 is 17.1 Å². The largest absolute Gasteiger partial charge is 0.485 e. The molecule has 0 spiro atoms. The van der Waals surface area contributed by atoms with Crippen LogP contribution in [0.1, 0.15) is 28.6 Å². The van der Waals surface area contributed by atoms with E-state index in [0.717, 1.165) is 11.3 Å². The second-order valence-corrected chi connectivity index (χ2v) is 8.56. The Hall–Kier alpha value is -3.81. The lowest BCUT2D eigenvalue weighted by atomic mass is 9.95. The van der Waals surface area contributed by atoms with Crippen LogP contribution in [0.2, 0.25) is 0 Å². The predicted molar refractivity (Wildman–Crippen MR) is 134 cm³/mol. The maximum Gasteiger partial charge on any atom is 0.282 e. The van der Waals surface area contributed by atoms with Crippen molar-refractivity contribution in [3.63, 3.8) is 0 Å². The van der Waals surface area contributed by atoms with E-state index in [1.165, 1.54) is 15.8 Å². The zero-order valence-electron chi connectivity index (χ0n) is 19.2. The fraction of sp³-hybridized carbons (Fsp3) is 0.222. The molecule has 2 heterocycles. The number of nitrogens with one attached hydrogen (secondary N) is 2. The summed E-state index contributed by atoms with van der Waals surface area (Å²) in [5.41, 5.74) is 10.4. The number of benzene rings is 3. The summed E-state index contributed by atoms with van der Waals surface area (Å²) >= 11 is 0. The number of rotatable bonds is 6.